The zero-order chi connectivity index (χ0) is 32.1. The van der Waals surface area contributed by atoms with E-state index in [9.17, 15) is 22.4 Å². The first-order valence-corrected chi connectivity index (χ1v) is 15.1. The Morgan fingerprint density at radius 2 is 1.68 bits per heavy atom. The molecule has 2 amide bonds. The van der Waals surface area contributed by atoms with Gasteiger partial charge in [-0.15, -0.1) is 0 Å². The maximum absolute atomic E-state index is 13.5. The molecule has 1 saturated heterocycles. The van der Waals surface area contributed by atoms with Crippen LogP contribution in [0.1, 0.15) is 63.4 Å². The van der Waals surface area contributed by atoms with Crippen molar-refractivity contribution in [2.45, 2.75) is 87.5 Å². The van der Waals surface area contributed by atoms with E-state index in [0.717, 1.165) is 43.7 Å². The number of aliphatic carboxylic acids is 1. The lowest BCUT2D eigenvalue weighted by Crippen LogP contribution is -2.55. The number of alkyl halides is 3. The Labute approximate surface area is 259 Å². The van der Waals surface area contributed by atoms with Gasteiger partial charge in [0.15, 0.2) is 11.5 Å². The average molecular weight is 644 g/mol. The largest absolute Gasteiger partial charge is 0.493 e. The zero-order valence-electron chi connectivity index (χ0n) is 24.7. The van der Waals surface area contributed by atoms with Crippen LogP contribution < -0.4 is 20.1 Å². The molecule has 3 unspecified atom stereocenters. The smallest absolute Gasteiger partial charge is 0.490 e. The summed E-state index contributed by atoms with van der Waals surface area (Å²) in [4.78, 5) is 24.5. The number of anilines is 1. The van der Waals surface area contributed by atoms with E-state index in [-0.39, 0.29) is 22.5 Å². The maximum Gasteiger partial charge on any atom is 0.490 e. The Morgan fingerprint density at radius 1 is 1.00 bits per heavy atom. The number of methoxy groups -OCH3 is 2. The molecule has 3 N–H and O–H groups in total. The second-order valence-corrected chi connectivity index (χ2v) is 11.9. The standard InChI is InChI=1S/C29H37ClFN3O3.C2HF3O2/c1-36-25-11-8-19(16-26(25)37-2)29-13-12-21(33-28(35)32-20-9-10-24(31)23(30)17-20)18-27(29)34(15-14-29)22-6-4-3-5-7-22;3-2(4,5)1(6)7/h8-11,16-17,21-22,27H,3-7,12-15,18H2,1-2H3,(H2,32,33,35);(H,6,7). The topological polar surface area (TPSA) is 100 Å². The fourth-order valence-electron chi connectivity index (χ4n) is 6.97. The molecule has 1 aliphatic heterocycles. The van der Waals surface area contributed by atoms with Crippen LogP contribution in [0.25, 0.3) is 0 Å². The van der Waals surface area contributed by atoms with E-state index in [1.54, 1.807) is 14.2 Å². The fourth-order valence-corrected chi connectivity index (χ4v) is 7.16. The lowest BCUT2D eigenvalue weighted by Gasteiger charge is -2.47. The van der Waals surface area contributed by atoms with Crippen molar-refractivity contribution in [2.75, 3.05) is 26.1 Å². The Balaban J connectivity index is 0.000000566. The number of carboxylic acids is 1. The lowest BCUT2D eigenvalue weighted by atomic mass is 9.64. The summed E-state index contributed by atoms with van der Waals surface area (Å²) < 4.78 is 56.4. The normalized spacial score (nSPS) is 24.0. The van der Waals surface area contributed by atoms with Gasteiger partial charge < -0.3 is 25.2 Å². The number of carboxylic acid groups (broad SMARTS) is 1. The highest BCUT2D eigenvalue weighted by Crippen LogP contribution is 2.51. The molecule has 2 saturated carbocycles. The van der Waals surface area contributed by atoms with Crippen LogP contribution >= 0.6 is 11.6 Å². The summed E-state index contributed by atoms with van der Waals surface area (Å²) in [7, 11) is 3.36. The summed E-state index contributed by atoms with van der Waals surface area (Å²) >= 11 is 5.89. The number of ether oxygens (including phenoxy) is 2. The molecule has 0 radical (unpaired) electrons. The molecule has 2 aromatic rings. The van der Waals surface area contributed by atoms with Gasteiger partial charge in [-0.2, -0.15) is 13.2 Å². The predicted molar refractivity (Wildman–Crippen MR) is 158 cm³/mol. The van der Waals surface area contributed by atoms with Crippen LogP contribution in [0.15, 0.2) is 36.4 Å². The van der Waals surface area contributed by atoms with Crippen LogP contribution in [-0.2, 0) is 10.2 Å². The van der Waals surface area contributed by atoms with Crippen LogP contribution in [0.3, 0.4) is 0 Å². The van der Waals surface area contributed by atoms with E-state index in [1.165, 1.54) is 55.9 Å². The van der Waals surface area contributed by atoms with Gasteiger partial charge >= 0.3 is 18.2 Å². The van der Waals surface area contributed by atoms with Gasteiger partial charge in [0.1, 0.15) is 5.82 Å². The van der Waals surface area contributed by atoms with Gasteiger partial charge in [0, 0.05) is 29.2 Å². The van der Waals surface area contributed by atoms with Gasteiger partial charge in [-0.05, 0) is 81.0 Å². The molecule has 3 atom stereocenters. The van der Waals surface area contributed by atoms with Crippen LogP contribution in [0, 0.1) is 5.82 Å². The number of hydrogen-bond acceptors (Lipinski definition) is 5. The molecule has 44 heavy (non-hydrogen) atoms. The van der Waals surface area contributed by atoms with E-state index in [0.29, 0.717) is 17.8 Å². The summed E-state index contributed by atoms with van der Waals surface area (Å²) in [5, 5.41) is 13.1. The highest BCUT2D eigenvalue weighted by atomic mass is 35.5. The molecule has 242 valence electrons. The van der Waals surface area contributed by atoms with Crippen LogP contribution in [0.5, 0.6) is 11.5 Å². The molecule has 5 rings (SSSR count). The van der Waals surface area contributed by atoms with Gasteiger partial charge in [-0.1, -0.05) is 36.9 Å². The number of benzene rings is 2. The molecule has 3 aliphatic rings. The van der Waals surface area contributed by atoms with Crippen molar-refractivity contribution in [3.8, 4) is 11.5 Å². The summed E-state index contributed by atoms with van der Waals surface area (Å²) in [6, 6.07) is 11.3. The number of nitrogens with one attached hydrogen (secondary N) is 2. The Kier molecular flexibility index (Phi) is 10.9. The highest BCUT2D eigenvalue weighted by Gasteiger charge is 2.53. The molecule has 0 bridgehead atoms. The van der Waals surface area contributed by atoms with Crippen LogP contribution in [0.4, 0.5) is 28.0 Å². The minimum absolute atomic E-state index is 0.00995. The summed E-state index contributed by atoms with van der Waals surface area (Å²) in [5.41, 5.74) is 1.80. The number of carbonyl (C=O) groups is 2. The number of rotatable bonds is 6. The molecular weight excluding hydrogens is 606 g/mol. The van der Waals surface area contributed by atoms with Crippen LogP contribution in [-0.4, -0.2) is 67.1 Å². The third-order valence-electron chi connectivity index (χ3n) is 9.06. The third-order valence-corrected chi connectivity index (χ3v) is 9.35. The number of halogens is 5. The van der Waals surface area contributed by atoms with Crippen molar-refractivity contribution in [3.63, 3.8) is 0 Å². The monoisotopic (exact) mass is 643 g/mol. The van der Waals surface area contributed by atoms with Crippen molar-refractivity contribution in [2.24, 2.45) is 0 Å². The third kappa shape index (κ3) is 7.69. The second kappa shape index (κ2) is 14.2. The number of carbonyl (C=O) groups excluding carboxylic acids is 1. The van der Waals surface area contributed by atoms with Crippen molar-refractivity contribution in [3.05, 3.63) is 52.8 Å². The molecule has 3 fully saturated rings. The quantitative estimate of drug-likeness (QED) is 0.289. The molecule has 2 aromatic carbocycles. The van der Waals surface area contributed by atoms with Gasteiger partial charge in [0.05, 0.1) is 19.2 Å². The average Bonchev–Trinajstić information content (AvgIpc) is 3.39. The molecule has 0 spiro atoms. The van der Waals surface area contributed by atoms with Crippen molar-refractivity contribution < 1.29 is 41.7 Å². The second-order valence-electron chi connectivity index (χ2n) is 11.5. The van der Waals surface area contributed by atoms with E-state index in [4.69, 9.17) is 31.0 Å². The number of likely N-dealkylation sites (tertiary alicyclic amines) is 1. The first-order valence-electron chi connectivity index (χ1n) is 14.7. The molecular formula is C31H38ClF4N3O5. The van der Waals surface area contributed by atoms with Gasteiger partial charge in [-0.3, -0.25) is 4.90 Å². The Bertz CT molecular complexity index is 1320. The number of nitrogens with zero attached hydrogens (tertiary/aromatic N) is 1. The SMILES string of the molecule is COc1ccc(C23CCC(NC(=O)Nc4ccc(F)c(Cl)c4)CC2N(C2CCCCC2)CC3)cc1OC.O=C(O)C(F)(F)F. The van der Waals surface area contributed by atoms with E-state index >= 15 is 0 Å². The number of amides is 2. The first kappa shape index (κ1) is 33.6. The number of fused-ring (bicyclic) bond motifs is 1. The maximum atomic E-state index is 13.5. The summed E-state index contributed by atoms with van der Waals surface area (Å²) in [6.45, 7) is 1.08. The highest BCUT2D eigenvalue weighted by molar-refractivity contribution is 6.31. The fraction of sp³-hybridized carbons (Fsp3) is 0.548. The predicted octanol–water partition coefficient (Wildman–Crippen LogP) is 7.15. The van der Waals surface area contributed by atoms with Crippen LogP contribution in [0.2, 0.25) is 5.02 Å². The number of urea groups is 1. The minimum atomic E-state index is -5.08. The molecule has 0 aromatic heterocycles. The molecule has 13 heteroatoms. The summed E-state index contributed by atoms with van der Waals surface area (Å²) in [5.74, 6) is -1.75. The van der Waals surface area contributed by atoms with Crippen molar-refractivity contribution in [1.29, 1.82) is 0 Å². The minimum Gasteiger partial charge on any atom is -0.493 e. The van der Waals surface area contributed by atoms with E-state index < -0.39 is 18.0 Å². The Hall–Kier alpha value is -3.25. The van der Waals surface area contributed by atoms with Crippen molar-refractivity contribution >= 4 is 29.3 Å². The van der Waals surface area contributed by atoms with Gasteiger partial charge in [-0.25, -0.2) is 14.0 Å². The molecule has 2 aliphatic carbocycles. The molecule has 1 heterocycles. The van der Waals surface area contributed by atoms with Gasteiger partial charge in [0.25, 0.3) is 0 Å². The molecule has 8 nitrogen and oxygen atoms in total. The lowest BCUT2D eigenvalue weighted by molar-refractivity contribution is -0.192. The van der Waals surface area contributed by atoms with E-state index in [1.807, 2.05) is 6.07 Å². The Morgan fingerprint density at radius 3 is 2.30 bits per heavy atom. The number of hydrogen-bond donors (Lipinski definition) is 3. The van der Waals surface area contributed by atoms with E-state index in [2.05, 4.69) is 27.7 Å². The first-order chi connectivity index (χ1) is 20.9. The zero-order valence-corrected chi connectivity index (χ0v) is 25.4. The van der Waals surface area contributed by atoms with Gasteiger partial charge in [0.2, 0.25) is 0 Å². The summed E-state index contributed by atoms with van der Waals surface area (Å²) in [6.07, 6.45) is 5.21. The van der Waals surface area contributed by atoms with Crippen molar-refractivity contribution in [1.82, 2.24) is 10.2 Å².